The highest BCUT2D eigenvalue weighted by Gasteiger charge is 2.31. The summed E-state index contributed by atoms with van der Waals surface area (Å²) in [7, 11) is 0. The molecule has 0 heterocycles. The number of nitro groups is 4. The Kier molecular flexibility index (Phi) is 3.35. The average Bonchev–Trinajstić information content (AvgIpc) is 2.43. The van der Waals surface area contributed by atoms with Crippen LogP contribution in [0.5, 0.6) is 0 Å². The molecule has 112 valence electrons. The maximum Gasteiger partial charge on any atom is 0.291 e. The Labute approximate surface area is 119 Å². The second-order valence-corrected chi connectivity index (χ2v) is 4.02. The van der Waals surface area contributed by atoms with Crippen LogP contribution in [0.15, 0.2) is 24.3 Å². The largest absolute Gasteiger partial charge is 0.291 e. The third kappa shape index (κ3) is 2.24. The van der Waals surface area contributed by atoms with E-state index < -0.39 is 53.2 Å². The summed E-state index contributed by atoms with van der Waals surface area (Å²) < 4.78 is 0. The van der Waals surface area contributed by atoms with Gasteiger partial charge in [-0.1, -0.05) is 0 Å². The molecule has 0 aliphatic heterocycles. The van der Waals surface area contributed by atoms with E-state index >= 15 is 0 Å². The first-order valence-corrected chi connectivity index (χ1v) is 5.42. The summed E-state index contributed by atoms with van der Waals surface area (Å²) in [6, 6.07) is 2.75. The molecule has 2 aromatic rings. The highest BCUT2D eigenvalue weighted by atomic mass is 16.6. The molecule has 12 heteroatoms. The maximum atomic E-state index is 11.0. The van der Waals surface area contributed by atoms with Crippen LogP contribution in [0.3, 0.4) is 0 Å². The summed E-state index contributed by atoms with van der Waals surface area (Å²) in [6.07, 6.45) is 0. The SMILES string of the molecule is O=[N+]([O-])c1cc([N+](=O)[O-])c2c([N+](=O)[O-])ccc([N+](=O)[O-])c2c1. The van der Waals surface area contributed by atoms with Crippen LogP contribution in [0.25, 0.3) is 10.8 Å². The van der Waals surface area contributed by atoms with Gasteiger partial charge in [-0.05, 0) is 0 Å². The highest BCUT2D eigenvalue weighted by molar-refractivity contribution is 6.04. The van der Waals surface area contributed by atoms with E-state index in [1.54, 1.807) is 0 Å². The Hall–Kier alpha value is -3.70. The first kappa shape index (κ1) is 14.7. The van der Waals surface area contributed by atoms with Crippen LogP contribution in [0, 0.1) is 40.5 Å². The van der Waals surface area contributed by atoms with Gasteiger partial charge in [0.05, 0.1) is 31.1 Å². The van der Waals surface area contributed by atoms with Gasteiger partial charge < -0.3 is 0 Å². The number of benzene rings is 2. The van der Waals surface area contributed by atoms with Crippen LogP contribution >= 0.6 is 0 Å². The van der Waals surface area contributed by atoms with Crippen LogP contribution in [0.2, 0.25) is 0 Å². The smallest absolute Gasteiger partial charge is 0.258 e. The van der Waals surface area contributed by atoms with Crippen molar-refractivity contribution in [2.24, 2.45) is 0 Å². The fourth-order valence-corrected chi connectivity index (χ4v) is 1.97. The standard InChI is InChI=1S/C10H4N4O8/c15-11(16)5-3-6-7(12(17)18)1-2-8(13(19)20)10(6)9(4-5)14(21)22/h1-4H. The highest BCUT2D eigenvalue weighted by Crippen LogP contribution is 2.41. The van der Waals surface area contributed by atoms with Gasteiger partial charge in [0, 0.05) is 18.2 Å². The van der Waals surface area contributed by atoms with E-state index in [0.29, 0.717) is 12.1 Å². The number of fused-ring (bicyclic) bond motifs is 1. The molecule has 0 amide bonds. The predicted molar refractivity (Wildman–Crippen MR) is 70.6 cm³/mol. The minimum absolute atomic E-state index is 0.527. The molecule has 0 aliphatic rings. The summed E-state index contributed by atoms with van der Waals surface area (Å²) in [6.45, 7) is 0. The molecule has 0 aromatic heterocycles. The van der Waals surface area contributed by atoms with E-state index in [0.717, 1.165) is 12.1 Å². The van der Waals surface area contributed by atoms with Crippen LogP contribution in [0.4, 0.5) is 22.7 Å². The quantitative estimate of drug-likeness (QED) is 0.611. The molecule has 0 atom stereocenters. The van der Waals surface area contributed by atoms with Crippen molar-refractivity contribution < 1.29 is 19.7 Å². The molecule has 2 rings (SSSR count). The Morgan fingerprint density at radius 3 is 1.59 bits per heavy atom. The number of hydrogen-bond acceptors (Lipinski definition) is 8. The van der Waals surface area contributed by atoms with E-state index in [1.807, 2.05) is 0 Å². The lowest BCUT2D eigenvalue weighted by molar-refractivity contribution is -0.396. The lowest BCUT2D eigenvalue weighted by Gasteiger charge is -2.02. The molecule has 0 N–H and O–H groups in total. The minimum Gasteiger partial charge on any atom is -0.258 e. The molecule has 0 spiro atoms. The number of hydrogen-bond donors (Lipinski definition) is 0. The molecule has 0 saturated carbocycles. The van der Waals surface area contributed by atoms with Crippen LogP contribution < -0.4 is 0 Å². The topological polar surface area (TPSA) is 173 Å². The van der Waals surface area contributed by atoms with Crippen LogP contribution in [-0.4, -0.2) is 19.7 Å². The maximum absolute atomic E-state index is 11.0. The number of rotatable bonds is 4. The van der Waals surface area contributed by atoms with Crippen LogP contribution in [-0.2, 0) is 0 Å². The Morgan fingerprint density at radius 2 is 1.14 bits per heavy atom. The van der Waals surface area contributed by atoms with E-state index in [1.165, 1.54) is 0 Å². The van der Waals surface area contributed by atoms with Crippen molar-refractivity contribution in [2.45, 2.75) is 0 Å². The van der Waals surface area contributed by atoms with Gasteiger partial charge in [-0.2, -0.15) is 0 Å². The van der Waals surface area contributed by atoms with Crippen molar-refractivity contribution >= 4 is 33.5 Å². The Bertz CT molecular complexity index is 862. The number of nitrogens with zero attached hydrogens (tertiary/aromatic N) is 4. The third-order valence-electron chi connectivity index (χ3n) is 2.83. The summed E-state index contributed by atoms with van der Waals surface area (Å²) in [5.74, 6) is 0. The fraction of sp³-hybridized carbons (Fsp3) is 0. The molecule has 0 aliphatic carbocycles. The predicted octanol–water partition coefficient (Wildman–Crippen LogP) is 2.47. The molecular weight excluding hydrogens is 304 g/mol. The van der Waals surface area contributed by atoms with Gasteiger partial charge >= 0.3 is 0 Å². The molecular formula is C10H4N4O8. The van der Waals surface area contributed by atoms with E-state index in [9.17, 15) is 40.5 Å². The fourth-order valence-electron chi connectivity index (χ4n) is 1.97. The summed E-state index contributed by atoms with van der Waals surface area (Å²) in [5, 5.41) is 42.6. The van der Waals surface area contributed by atoms with Gasteiger partial charge in [0.1, 0.15) is 5.39 Å². The van der Waals surface area contributed by atoms with Gasteiger partial charge in [0.15, 0.2) is 0 Å². The van der Waals surface area contributed by atoms with E-state index in [2.05, 4.69) is 0 Å². The molecule has 0 unspecified atom stereocenters. The summed E-state index contributed by atoms with van der Waals surface area (Å²) in [4.78, 5) is 39.8. The Balaban J connectivity index is 3.10. The lowest BCUT2D eigenvalue weighted by Crippen LogP contribution is -1.99. The van der Waals surface area contributed by atoms with Crippen molar-refractivity contribution in [3.63, 3.8) is 0 Å². The van der Waals surface area contributed by atoms with Gasteiger partial charge in [-0.25, -0.2) is 0 Å². The first-order valence-electron chi connectivity index (χ1n) is 5.42. The zero-order valence-corrected chi connectivity index (χ0v) is 10.4. The zero-order valence-electron chi connectivity index (χ0n) is 10.4. The molecule has 0 fully saturated rings. The zero-order chi connectivity index (χ0) is 16.6. The summed E-state index contributed by atoms with van der Waals surface area (Å²) >= 11 is 0. The molecule has 0 radical (unpaired) electrons. The average molecular weight is 308 g/mol. The third-order valence-corrected chi connectivity index (χ3v) is 2.83. The molecule has 0 saturated heterocycles. The normalized spacial score (nSPS) is 10.4. The Morgan fingerprint density at radius 1 is 0.636 bits per heavy atom. The van der Waals surface area contributed by atoms with Crippen molar-refractivity contribution in [2.75, 3.05) is 0 Å². The van der Waals surface area contributed by atoms with Gasteiger partial charge in [-0.15, -0.1) is 0 Å². The number of nitro benzene ring substituents is 4. The van der Waals surface area contributed by atoms with Crippen molar-refractivity contribution in [3.8, 4) is 0 Å². The van der Waals surface area contributed by atoms with Gasteiger partial charge in [0.2, 0.25) is 0 Å². The molecule has 2 aromatic carbocycles. The van der Waals surface area contributed by atoms with Gasteiger partial charge in [-0.3, -0.25) is 40.5 Å². The second kappa shape index (κ2) is 5.01. The van der Waals surface area contributed by atoms with E-state index in [-0.39, 0.29) is 0 Å². The lowest BCUT2D eigenvalue weighted by atomic mass is 10.0. The monoisotopic (exact) mass is 308 g/mol. The van der Waals surface area contributed by atoms with Crippen molar-refractivity contribution in [1.29, 1.82) is 0 Å². The second-order valence-electron chi connectivity index (χ2n) is 4.02. The van der Waals surface area contributed by atoms with Gasteiger partial charge in [0.25, 0.3) is 22.7 Å². The van der Waals surface area contributed by atoms with E-state index in [4.69, 9.17) is 0 Å². The number of non-ortho nitro benzene ring substituents is 4. The molecule has 0 bridgehead atoms. The van der Waals surface area contributed by atoms with Crippen molar-refractivity contribution in [3.05, 3.63) is 64.7 Å². The molecule has 22 heavy (non-hydrogen) atoms. The minimum atomic E-state index is -1.06. The first-order chi connectivity index (χ1) is 10.2. The molecule has 12 nitrogen and oxygen atoms in total. The van der Waals surface area contributed by atoms with Crippen molar-refractivity contribution in [1.82, 2.24) is 0 Å². The summed E-state index contributed by atoms with van der Waals surface area (Å²) in [5.41, 5.74) is -3.17. The van der Waals surface area contributed by atoms with Crippen LogP contribution in [0.1, 0.15) is 0 Å².